The predicted octanol–water partition coefficient (Wildman–Crippen LogP) is 3.87. The van der Waals surface area contributed by atoms with Gasteiger partial charge in [-0.2, -0.15) is 0 Å². The highest BCUT2D eigenvalue weighted by Gasteiger charge is 2.30. The molecule has 0 saturated heterocycles. The Labute approximate surface area is 116 Å². The number of Topliss-reactive ketones (excluding diaryl/α,β-unsaturated/α-hetero) is 1. The molecular weight excluding hydrogens is 258 g/mol. The summed E-state index contributed by atoms with van der Waals surface area (Å²) in [5.74, 6) is -2.54. The SMILES string of the molecule is Cc1ccc(C(=O)C2Cc3ccccc3C2)c(F)c1F. The van der Waals surface area contributed by atoms with Crippen LogP contribution in [0.15, 0.2) is 36.4 Å². The van der Waals surface area contributed by atoms with Gasteiger partial charge in [-0.1, -0.05) is 30.3 Å². The van der Waals surface area contributed by atoms with Gasteiger partial charge in [0, 0.05) is 5.92 Å². The molecule has 1 aliphatic rings. The first-order valence-corrected chi connectivity index (χ1v) is 6.63. The Morgan fingerprint density at radius 1 is 1.00 bits per heavy atom. The molecule has 0 unspecified atom stereocenters. The Morgan fingerprint density at radius 2 is 1.60 bits per heavy atom. The van der Waals surface area contributed by atoms with Crippen molar-refractivity contribution in [3.63, 3.8) is 0 Å². The van der Waals surface area contributed by atoms with Crippen molar-refractivity contribution >= 4 is 5.78 Å². The Morgan fingerprint density at radius 3 is 2.20 bits per heavy atom. The molecule has 102 valence electrons. The zero-order valence-electron chi connectivity index (χ0n) is 11.1. The van der Waals surface area contributed by atoms with Crippen LogP contribution in [0.4, 0.5) is 8.78 Å². The van der Waals surface area contributed by atoms with E-state index in [0.717, 1.165) is 11.1 Å². The van der Waals surface area contributed by atoms with Crippen molar-refractivity contribution < 1.29 is 13.6 Å². The molecule has 2 aromatic rings. The molecule has 3 rings (SSSR count). The van der Waals surface area contributed by atoms with Crippen LogP contribution in [0.25, 0.3) is 0 Å². The normalized spacial score (nSPS) is 14.3. The number of benzene rings is 2. The van der Waals surface area contributed by atoms with Gasteiger partial charge in [-0.25, -0.2) is 8.78 Å². The lowest BCUT2D eigenvalue weighted by Gasteiger charge is -2.10. The number of carbonyl (C=O) groups is 1. The third-order valence-electron chi connectivity index (χ3n) is 3.96. The van der Waals surface area contributed by atoms with Crippen LogP contribution in [0, 0.1) is 24.5 Å². The van der Waals surface area contributed by atoms with Gasteiger partial charge in [-0.05, 0) is 42.5 Å². The van der Waals surface area contributed by atoms with E-state index in [1.54, 1.807) is 0 Å². The summed E-state index contributed by atoms with van der Waals surface area (Å²) in [5.41, 5.74) is 2.33. The summed E-state index contributed by atoms with van der Waals surface area (Å²) in [5, 5.41) is 0. The fourth-order valence-corrected chi connectivity index (χ4v) is 2.80. The minimum atomic E-state index is -1.02. The fourth-order valence-electron chi connectivity index (χ4n) is 2.80. The summed E-state index contributed by atoms with van der Waals surface area (Å²) in [4.78, 5) is 12.4. The number of hydrogen-bond acceptors (Lipinski definition) is 1. The van der Waals surface area contributed by atoms with Crippen LogP contribution in [0.2, 0.25) is 0 Å². The largest absolute Gasteiger partial charge is 0.294 e. The van der Waals surface area contributed by atoms with Crippen LogP contribution in [-0.4, -0.2) is 5.78 Å². The number of halogens is 2. The van der Waals surface area contributed by atoms with Gasteiger partial charge in [0.1, 0.15) is 0 Å². The Hall–Kier alpha value is -2.03. The number of ketones is 1. The van der Waals surface area contributed by atoms with Crippen LogP contribution < -0.4 is 0 Å². The molecule has 0 amide bonds. The van der Waals surface area contributed by atoms with Gasteiger partial charge in [0.2, 0.25) is 0 Å². The lowest BCUT2D eigenvalue weighted by atomic mass is 9.94. The van der Waals surface area contributed by atoms with Crippen molar-refractivity contribution in [3.05, 3.63) is 70.3 Å². The third-order valence-corrected chi connectivity index (χ3v) is 3.96. The maximum absolute atomic E-state index is 13.9. The van der Waals surface area contributed by atoms with Crippen LogP contribution in [0.3, 0.4) is 0 Å². The molecule has 1 aliphatic carbocycles. The minimum Gasteiger partial charge on any atom is -0.294 e. The average Bonchev–Trinajstić information content (AvgIpc) is 2.88. The lowest BCUT2D eigenvalue weighted by molar-refractivity contribution is 0.0919. The lowest BCUT2D eigenvalue weighted by Crippen LogP contribution is -2.17. The van der Waals surface area contributed by atoms with E-state index in [9.17, 15) is 13.6 Å². The zero-order chi connectivity index (χ0) is 14.3. The van der Waals surface area contributed by atoms with Crippen LogP contribution in [-0.2, 0) is 12.8 Å². The van der Waals surface area contributed by atoms with Crippen molar-refractivity contribution in [1.82, 2.24) is 0 Å². The maximum atomic E-state index is 13.9. The molecule has 0 heterocycles. The number of fused-ring (bicyclic) bond motifs is 1. The standard InChI is InChI=1S/C17H14F2O/c1-10-6-7-14(16(19)15(10)18)17(20)13-8-11-4-2-3-5-12(11)9-13/h2-7,13H,8-9H2,1H3. The molecule has 2 aromatic carbocycles. The van der Waals surface area contributed by atoms with Gasteiger partial charge in [-0.3, -0.25) is 4.79 Å². The summed E-state index contributed by atoms with van der Waals surface area (Å²) in [7, 11) is 0. The Bertz CT molecular complexity index is 666. The summed E-state index contributed by atoms with van der Waals surface area (Å²) in [6.07, 6.45) is 1.20. The van der Waals surface area contributed by atoms with E-state index in [1.165, 1.54) is 19.1 Å². The molecule has 0 fully saturated rings. The number of hydrogen-bond donors (Lipinski definition) is 0. The Balaban J connectivity index is 1.91. The predicted molar refractivity (Wildman–Crippen MR) is 72.8 cm³/mol. The van der Waals surface area contributed by atoms with Crippen molar-refractivity contribution in [1.29, 1.82) is 0 Å². The molecule has 20 heavy (non-hydrogen) atoms. The van der Waals surface area contributed by atoms with E-state index in [4.69, 9.17) is 0 Å². The Kier molecular flexibility index (Phi) is 3.13. The van der Waals surface area contributed by atoms with E-state index in [1.807, 2.05) is 24.3 Å². The molecule has 0 saturated carbocycles. The monoisotopic (exact) mass is 272 g/mol. The number of carbonyl (C=O) groups excluding carboxylic acids is 1. The first-order valence-electron chi connectivity index (χ1n) is 6.63. The molecule has 1 nitrogen and oxygen atoms in total. The van der Waals surface area contributed by atoms with E-state index >= 15 is 0 Å². The molecule has 3 heteroatoms. The summed E-state index contributed by atoms with van der Waals surface area (Å²) in [6, 6.07) is 10.7. The van der Waals surface area contributed by atoms with Crippen molar-refractivity contribution in [2.45, 2.75) is 19.8 Å². The number of rotatable bonds is 2. The van der Waals surface area contributed by atoms with Crippen LogP contribution in [0.1, 0.15) is 27.0 Å². The first-order chi connectivity index (χ1) is 9.58. The third kappa shape index (κ3) is 2.03. The van der Waals surface area contributed by atoms with Gasteiger partial charge in [0.15, 0.2) is 17.4 Å². The topological polar surface area (TPSA) is 17.1 Å². The quantitative estimate of drug-likeness (QED) is 0.758. The molecule has 0 N–H and O–H groups in total. The number of aryl methyl sites for hydroxylation is 1. The van der Waals surface area contributed by atoms with E-state index in [0.29, 0.717) is 12.8 Å². The second kappa shape index (κ2) is 4.82. The summed E-state index contributed by atoms with van der Waals surface area (Å²) < 4.78 is 27.5. The molecule has 0 aliphatic heterocycles. The second-order valence-corrected chi connectivity index (χ2v) is 5.30. The molecule has 0 atom stereocenters. The fraction of sp³-hybridized carbons (Fsp3) is 0.235. The van der Waals surface area contributed by atoms with Gasteiger partial charge in [-0.15, -0.1) is 0 Å². The molecule has 0 aromatic heterocycles. The molecule has 0 bridgehead atoms. The van der Waals surface area contributed by atoms with Crippen LogP contribution >= 0.6 is 0 Å². The van der Waals surface area contributed by atoms with Crippen molar-refractivity contribution in [3.8, 4) is 0 Å². The van der Waals surface area contributed by atoms with E-state index < -0.39 is 11.6 Å². The highest BCUT2D eigenvalue weighted by atomic mass is 19.2. The highest BCUT2D eigenvalue weighted by Crippen LogP contribution is 2.30. The molecule has 0 radical (unpaired) electrons. The summed E-state index contributed by atoms with van der Waals surface area (Å²) in [6.45, 7) is 1.48. The molecular formula is C17H14F2O. The van der Waals surface area contributed by atoms with E-state index in [-0.39, 0.29) is 22.8 Å². The van der Waals surface area contributed by atoms with Crippen molar-refractivity contribution in [2.24, 2.45) is 5.92 Å². The van der Waals surface area contributed by atoms with Gasteiger partial charge >= 0.3 is 0 Å². The van der Waals surface area contributed by atoms with Gasteiger partial charge in [0.25, 0.3) is 0 Å². The van der Waals surface area contributed by atoms with Crippen molar-refractivity contribution in [2.75, 3.05) is 0 Å². The smallest absolute Gasteiger partial charge is 0.169 e. The summed E-state index contributed by atoms with van der Waals surface area (Å²) >= 11 is 0. The highest BCUT2D eigenvalue weighted by molar-refractivity contribution is 5.99. The van der Waals surface area contributed by atoms with Crippen LogP contribution in [0.5, 0.6) is 0 Å². The van der Waals surface area contributed by atoms with E-state index in [2.05, 4.69) is 0 Å². The average molecular weight is 272 g/mol. The minimum absolute atomic E-state index is 0.133. The van der Waals surface area contributed by atoms with Gasteiger partial charge in [0.05, 0.1) is 5.56 Å². The first kappa shape index (κ1) is 13.0. The maximum Gasteiger partial charge on any atom is 0.169 e. The zero-order valence-corrected chi connectivity index (χ0v) is 11.1. The second-order valence-electron chi connectivity index (χ2n) is 5.30. The molecule has 0 spiro atoms. The van der Waals surface area contributed by atoms with Gasteiger partial charge < -0.3 is 0 Å².